The molecule has 2 aliphatic rings. The third kappa shape index (κ3) is 4.27. The summed E-state index contributed by atoms with van der Waals surface area (Å²) in [6.07, 6.45) is 6.81. The zero-order valence-corrected chi connectivity index (χ0v) is 14.9. The van der Waals surface area contributed by atoms with E-state index in [0.29, 0.717) is 43.5 Å². The molecule has 1 aromatic rings. The number of hydrogen-bond acceptors (Lipinski definition) is 4. The summed E-state index contributed by atoms with van der Waals surface area (Å²) in [6.45, 7) is 3.11. The smallest absolute Gasteiger partial charge is 0.244 e. The Morgan fingerprint density at radius 2 is 2.00 bits per heavy atom. The van der Waals surface area contributed by atoms with Crippen molar-refractivity contribution in [2.24, 2.45) is 5.92 Å². The van der Waals surface area contributed by atoms with Crippen LogP contribution in [0.4, 0.5) is 0 Å². The maximum absolute atomic E-state index is 12.0. The van der Waals surface area contributed by atoms with Crippen LogP contribution in [0.5, 0.6) is 0 Å². The Bertz CT molecular complexity index is 730. The van der Waals surface area contributed by atoms with Crippen molar-refractivity contribution < 1.29 is 17.6 Å². The van der Waals surface area contributed by atoms with E-state index in [4.69, 9.17) is 4.42 Å². The van der Waals surface area contributed by atoms with Crippen molar-refractivity contribution in [3.8, 4) is 0 Å². The molecule has 7 heteroatoms. The molecule has 6 nitrogen and oxygen atoms in total. The second kappa shape index (κ2) is 6.72. The molecule has 0 bridgehead atoms. The van der Waals surface area contributed by atoms with Gasteiger partial charge in [-0.15, -0.1) is 0 Å². The van der Waals surface area contributed by atoms with Gasteiger partial charge in [-0.3, -0.25) is 4.79 Å². The van der Waals surface area contributed by atoms with E-state index in [0.717, 1.165) is 5.76 Å². The minimum atomic E-state index is -3.13. The maximum Gasteiger partial charge on any atom is 0.244 e. The maximum atomic E-state index is 12.0. The molecule has 2 atom stereocenters. The normalized spacial score (nSPS) is 25.9. The number of amides is 1. The van der Waals surface area contributed by atoms with Crippen molar-refractivity contribution in [3.63, 3.8) is 0 Å². The van der Waals surface area contributed by atoms with Gasteiger partial charge in [0, 0.05) is 31.1 Å². The van der Waals surface area contributed by atoms with E-state index in [1.807, 2.05) is 12.1 Å². The topological polar surface area (TPSA) is 79.6 Å². The SMILES string of the molecule is CC1CC1c1ccc(/C=C/C(=O)NC2CCN(S(C)(=O)=O)CC2)o1. The second-order valence-corrected chi connectivity index (χ2v) is 8.82. The molecule has 3 rings (SSSR count). The summed E-state index contributed by atoms with van der Waals surface area (Å²) >= 11 is 0. The number of carbonyl (C=O) groups is 1. The van der Waals surface area contributed by atoms with Crippen LogP contribution < -0.4 is 5.32 Å². The van der Waals surface area contributed by atoms with Crippen LogP contribution in [-0.4, -0.2) is 44.0 Å². The van der Waals surface area contributed by atoms with E-state index < -0.39 is 10.0 Å². The fourth-order valence-corrected chi connectivity index (χ4v) is 3.99. The Hall–Kier alpha value is -1.60. The van der Waals surface area contributed by atoms with Crippen LogP contribution in [0, 0.1) is 5.92 Å². The molecule has 2 unspecified atom stereocenters. The van der Waals surface area contributed by atoms with Crippen molar-refractivity contribution in [1.29, 1.82) is 0 Å². The monoisotopic (exact) mass is 352 g/mol. The van der Waals surface area contributed by atoms with Crippen LogP contribution in [0.15, 0.2) is 22.6 Å². The highest BCUT2D eigenvalue weighted by Crippen LogP contribution is 2.47. The Morgan fingerprint density at radius 3 is 2.58 bits per heavy atom. The molecule has 1 saturated heterocycles. The molecule has 1 saturated carbocycles. The van der Waals surface area contributed by atoms with E-state index >= 15 is 0 Å². The van der Waals surface area contributed by atoms with Gasteiger partial charge in [0.15, 0.2) is 0 Å². The summed E-state index contributed by atoms with van der Waals surface area (Å²) in [4.78, 5) is 12.0. The van der Waals surface area contributed by atoms with Gasteiger partial charge in [-0.05, 0) is 43.4 Å². The largest absolute Gasteiger partial charge is 0.461 e. The molecule has 0 aromatic carbocycles. The number of carbonyl (C=O) groups excluding carboxylic acids is 1. The number of rotatable bonds is 5. The van der Waals surface area contributed by atoms with Crippen LogP contribution in [0.2, 0.25) is 0 Å². The summed E-state index contributed by atoms with van der Waals surface area (Å²) in [5.41, 5.74) is 0. The Kier molecular flexibility index (Phi) is 4.83. The first-order valence-corrected chi connectivity index (χ1v) is 10.2. The molecule has 1 N–H and O–H groups in total. The molecule has 2 heterocycles. The van der Waals surface area contributed by atoms with Crippen LogP contribution >= 0.6 is 0 Å². The highest BCUT2D eigenvalue weighted by Gasteiger charge is 2.36. The molecule has 24 heavy (non-hydrogen) atoms. The lowest BCUT2D eigenvalue weighted by Crippen LogP contribution is -2.45. The van der Waals surface area contributed by atoms with Gasteiger partial charge in [0.2, 0.25) is 15.9 Å². The average Bonchev–Trinajstić information content (AvgIpc) is 3.07. The van der Waals surface area contributed by atoms with Crippen LogP contribution in [-0.2, 0) is 14.8 Å². The van der Waals surface area contributed by atoms with Crippen LogP contribution in [0.3, 0.4) is 0 Å². The molecule has 0 spiro atoms. The van der Waals surface area contributed by atoms with E-state index in [-0.39, 0.29) is 11.9 Å². The van der Waals surface area contributed by atoms with E-state index in [1.165, 1.54) is 23.1 Å². The average molecular weight is 352 g/mol. The summed E-state index contributed by atoms with van der Waals surface area (Å²) in [6, 6.07) is 3.88. The molecular weight excluding hydrogens is 328 g/mol. The van der Waals surface area contributed by atoms with E-state index in [9.17, 15) is 13.2 Å². The Balaban J connectivity index is 1.47. The quantitative estimate of drug-likeness (QED) is 0.822. The van der Waals surface area contributed by atoms with E-state index in [1.54, 1.807) is 6.08 Å². The van der Waals surface area contributed by atoms with Gasteiger partial charge in [-0.1, -0.05) is 6.92 Å². The number of sulfonamides is 1. The summed E-state index contributed by atoms with van der Waals surface area (Å²) in [5, 5.41) is 2.92. The minimum absolute atomic E-state index is 0.0135. The third-order valence-electron chi connectivity index (χ3n) is 4.79. The molecule has 1 aliphatic heterocycles. The Morgan fingerprint density at radius 1 is 1.33 bits per heavy atom. The first kappa shape index (κ1) is 17.2. The minimum Gasteiger partial charge on any atom is -0.461 e. The molecule has 0 radical (unpaired) electrons. The van der Waals surface area contributed by atoms with Gasteiger partial charge in [0.25, 0.3) is 0 Å². The zero-order valence-electron chi connectivity index (χ0n) is 14.1. The summed E-state index contributed by atoms with van der Waals surface area (Å²) in [5.74, 6) is 2.72. The van der Waals surface area contributed by atoms with Gasteiger partial charge in [-0.2, -0.15) is 0 Å². The van der Waals surface area contributed by atoms with Crippen molar-refractivity contribution in [2.45, 2.75) is 38.1 Å². The molecule has 2 fully saturated rings. The Labute approximate surface area is 143 Å². The summed E-state index contributed by atoms with van der Waals surface area (Å²) < 4.78 is 30.1. The van der Waals surface area contributed by atoms with Gasteiger partial charge in [0.1, 0.15) is 11.5 Å². The van der Waals surface area contributed by atoms with Crippen molar-refractivity contribution in [1.82, 2.24) is 9.62 Å². The van der Waals surface area contributed by atoms with Crippen molar-refractivity contribution in [3.05, 3.63) is 29.7 Å². The number of nitrogens with one attached hydrogen (secondary N) is 1. The van der Waals surface area contributed by atoms with E-state index in [2.05, 4.69) is 12.2 Å². The number of furan rings is 1. The molecule has 1 aliphatic carbocycles. The van der Waals surface area contributed by atoms with Crippen molar-refractivity contribution >= 4 is 22.0 Å². The lowest BCUT2D eigenvalue weighted by atomic mass is 10.1. The first-order valence-electron chi connectivity index (χ1n) is 8.36. The van der Waals surface area contributed by atoms with Crippen molar-refractivity contribution in [2.75, 3.05) is 19.3 Å². The standard InChI is InChI=1S/C17H24N2O4S/c1-12-11-15(12)16-5-3-14(23-16)4-6-17(20)18-13-7-9-19(10-8-13)24(2,21)22/h3-6,12-13,15H,7-11H2,1-2H3,(H,18,20)/b6-4+. The highest BCUT2D eigenvalue weighted by molar-refractivity contribution is 7.88. The molecular formula is C17H24N2O4S. The lowest BCUT2D eigenvalue weighted by Gasteiger charge is -2.30. The highest BCUT2D eigenvalue weighted by atomic mass is 32.2. The lowest BCUT2D eigenvalue weighted by molar-refractivity contribution is -0.117. The van der Waals surface area contributed by atoms with Gasteiger partial charge < -0.3 is 9.73 Å². The predicted octanol–water partition coefficient (Wildman–Crippen LogP) is 1.96. The van der Waals surface area contributed by atoms with Gasteiger partial charge in [-0.25, -0.2) is 12.7 Å². The second-order valence-electron chi connectivity index (χ2n) is 6.84. The number of hydrogen-bond donors (Lipinski definition) is 1. The third-order valence-corrected chi connectivity index (χ3v) is 6.09. The molecule has 1 aromatic heterocycles. The van der Waals surface area contributed by atoms with Crippen LogP contribution in [0.1, 0.15) is 43.6 Å². The predicted molar refractivity (Wildman–Crippen MR) is 91.8 cm³/mol. The number of nitrogens with zero attached hydrogens (tertiary/aromatic N) is 1. The zero-order chi connectivity index (χ0) is 17.3. The molecule has 1 amide bonds. The summed E-state index contributed by atoms with van der Waals surface area (Å²) in [7, 11) is -3.13. The molecule has 132 valence electrons. The fourth-order valence-electron chi connectivity index (χ4n) is 3.11. The fraction of sp³-hybridized carbons (Fsp3) is 0.588. The van der Waals surface area contributed by atoms with Gasteiger partial charge in [0.05, 0.1) is 6.26 Å². The van der Waals surface area contributed by atoms with Gasteiger partial charge >= 0.3 is 0 Å². The first-order chi connectivity index (χ1) is 11.3. The number of piperidine rings is 1. The van der Waals surface area contributed by atoms with Crippen LogP contribution in [0.25, 0.3) is 6.08 Å².